The van der Waals surface area contributed by atoms with Crippen molar-refractivity contribution in [2.45, 2.75) is 18.9 Å². The summed E-state index contributed by atoms with van der Waals surface area (Å²) in [5.74, 6) is 0.754. The molecular formula is C17H18N10. The molecular weight excluding hydrogens is 344 g/mol. The van der Waals surface area contributed by atoms with Crippen molar-refractivity contribution < 1.29 is 0 Å². The third-order valence-corrected chi connectivity index (χ3v) is 4.78. The Balaban J connectivity index is 1.48. The maximum Gasteiger partial charge on any atom is 0.166 e. The molecule has 0 aliphatic carbocycles. The van der Waals surface area contributed by atoms with Gasteiger partial charge in [-0.25, -0.2) is 14.3 Å². The fraction of sp³-hybridized carbons (Fsp3) is 0.294. The minimum absolute atomic E-state index is 0.388. The second kappa shape index (κ2) is 6.72. The highest BCUT2D eigenvalue weighted by atomic mass is 15.5. The molecule has 0 amide bonds. The molecule has 0 atom stereocenters. The molecule has 0 bridgehead atoms. The fourth-order valence-electron chi connectivity index (χ4n) is 3.40. The third kappa shape index (κ3) is 2.99. The smallest absolute Gasteiger partial charge is 0.166 e. The Morgan fingerprint density at radius 3 is 2.81 bits per heavy atom. The van der Waals surface area contributed by atoms with Crippen LogP contribution in [0.5, 0.6) is 0 Å². The third-order valence-electron chi connectivity index (χ3n) is 4.78. The van der Waals surface area contributed by atoms with E-state index in [2.05, 4.69) is 36.1 Å². The Bertz CT molecular complexity index is 1030. The largest absolute Gasteiger partial charge is 0.317 e. The molecule has 4 aromatic rings. The maximum absolute atomic E-state index is 4.50. The van der Waals surface area contributed by atoms with Gasteiger partial charge in [0.2, 0.25) is 0 Å². The minimum Gasteiger partial charge on any atom is -0.317 e. The van der Waals surface area contributed by atoms with E-state index in [1.54, 1.807) is 17.2 Å². The standard InChI is InChI=1S/C17H18N10/c1-2-14(10-15(3-1)27-12-20-22-24-27)25-9-8-19-17(25)16-11-26(23-21-16)13-4-6-18-7-5-13/h1-3,8-13,18H,4-7H2. The molecule has 1 saturated heterocycles. The van der Waals surface area contributed by atoms with E-state index in [0.29, 0.717) is 6.04 Å². The number of benzene rings is 1. The molecule has 0 spiro atoms. The van der Waals surface area contributed by atoms with Gasteiger partial charge in [-0.2, -0.15) is 0 Å². The van der Waals surface area contributed by atoms with E-state index in [1.165, 1.54) is 0 Å². The summed E-state index contributed by atoms with van der Waals surface area (Å²) in [7, 11) is 0. The lowest BCUT2D eigenvalue weighted by Crippen LogP contribution is -2.29. The number of piperidine rings is 1. The van der Waals surface area contributed by atoms with Crippen LogP contribution in [0.15, 0.2) is 49.2 Å². The molecule has 136 valence electrons. The number of nitrogens with zero attached hydrogens (tertiary/aromatic N) is 9. The highest BCUT2D eigenvalue weighted by Crippen LogP contribution is 2.23. The average molecular weight is 362 g/mol. The molecule has 1 aromatic carbocycles. The van der Waals surface area contributed by atoms with Crippen molar-refractivity contribution in [2.24, 2.45) is 0 Å². The highest BCUT2D eigenvalue weighted by Gasteiger charge is 2.18. The molecule has 0 saturated carbocycles. The van der Waals surface area contributed by atoms with Crippen LogP contribution in [0, 0.1) is 0 Å². The summed E-state index contributed by atoms with van der Waals surface area (Å²) in [4.78, 5) is 4.50. The molecule has 1 aliphatic rings. The number of nitrogens with one attached hydrogen (secondary N) is 1. The molecule has 5 rings (SSSR count). The molecule has 1 aliphatic heterocycles. The summed E-state index contributed by atoms with van der Waals surface area (Å²) in [6, 6.07) is 8.31. The van der Waals surface area contributed by atoms with Crippen LogP contribution >= 0.6 is 0 Å². The van der Waals surface area contributed by atoms with Crippen LogP contribution in [-0.2, 0) is 0 Å². The van der Waals surface area contributed by atoms with Gasteiger partial charge in [-0.15, -0.1) is 10.2 Å². The van der Waals surface area contributed by atoms with E-state index in [4.69, 9.17) is 0 Å². The molecule has 10 nitrogen and oxygen atoms in total. The lowest BCUT2D eigenvalue weighted by molar-refractivity contribution is 0.337. The van der Waals surface area contributed by atoms with Crippen molar-refractivity contribution >= 4 is 0 Å². The molecule has 27 heavy (non-hydrogen) atoms. The first-order chi connectivity index (χ1) is 13.4. The molecule has 1 N–H and O–H groups in total. The van der Waals surface area contributed by atoms with Gasteiger partial charge in [0, 0.05) is 18.1 Å². The number of aromatic nitrogens is 9. The number of rotatable bonds is 4. The van der Waals surface area contributed by atoms with Gasteiger partial charge in [-0.05, 0) is 54.6 Å². The molecule has 0 unspecified atom stereocenters. The Morgan fingerprint density at radius 1 is 1.07 bits per heavy atom. The summed E-state index contributed by atoms with van der Waals surface area (Å²) < 4.78 is 5.57. The zero-order chi connectivity index (χ0) is 18.1. The monoisotopic (exact) mass is 362 g/mol. The zero-order valence-electron chi connectivity index (χ0n) is 14.5. The van der Waals surface area contributed by atoms with Crippen LogP contribution in [-0.4, -0.2) is 57.8 Å². The van der Waals surface area contributed by atoms with E-state index in [9.17, 15) is 0 Å². The van der Waals surface area contributed by atoms with Gasteiger partial charge in [0.15, 0.2) is 5.82 Å². The molecule has 4 heterocycles. The predicted molar refractivity (Wildman–Crippen MR) is 96.4 cm³/mol. The van der Waals surface area contributed by atoms with Crippen LogP contribution < -0.4 is 5.32 Å². The lowest BCUT2D eigenvalue weighted by Gasteiger charge is -2.22. The Labute approximate surface area is 154 Å². The van der Waals surface area contributed by atoms with Crippen molar-refractivity contribution in [1.29, 1.82) is 0 Å². The summed E-state index contributed by atoms with van der Waals surface area (Å²) in [5.41, 5.74) is 2.58. The van der Waals surface area contributed by atoms with E-state index in [-0.39, 0.29) is 0 Å². The zero-order valence-corrected chi connectivity index (χ0v) is 14.5. The summed E-state index contributed by atoms with van der Waals surface area (Å²) in [6.07, 6.45) is 9.36. The van der Waals surface area contributed by atoms with Gasteiger partial charge < -0.3 is 5.32 Å². The first kappa shape index (κ1) is 15.8. The Morgan fingerprint density at radius 2 is 1.96 bits per heavy atom. The van der Waals surface area contributed by atoms with Crippen molar-refractivity contribution in [3.05, 3.63) is 49.2 Å². The first-order valence-electron chi connectivity index (χ1n) is 8.88. The van der Waals surface area contributed by atoms with Gasteiger partial charge in [0.05, 0.1) is 17.9 Å². The van der Waals surface area contributed by atoms with Gasteiger partial charge in [0.1, 0.15) is 12.0 Å². The van der Waals surface area contributed by atoms with Crippen LogP contribution in [0.25, 0.3) is 22.9 Å². The number of hydrogen-bond acceptors (Lipinski definition) is 7. The number of imidazole rings is 1. The quantitative estimate of drug-likeness (QED) is 0.578. The minimum atomic E-state index is 0.388. The number of tetrazole rings is 1. The van der Waals surface area contributed by atoms with E-state index in [1.807, 2.05) is 45.9 Å². The van der Waals surface area contributed by atoms with Crippen molar-refractivity contribution in [1.82, 2.24) is 50.1 Å². The molecule has 3 aromatic heterocycles. The summed E-state index contributed by atoms with van der Waals surface area (Å²) >= 11 is 0. The van der Waals surface area contributed by atoms with E-state index in [0.717, 1.165) is 48.8 Å². The van der Waals surface area contributed by atoms with Crippen LogP contribution in [0.2, 0.25) is 0 Å². The van der Waals surface area contributed by atoms with E-state index < -0.39 is 0 Å². The second-order valence-corrected chi connectivity index (χ2v) is 6.46. The highest BCUT2D eigenvalue weighted by molar-refractivity contribution is 5.54. The molecule has 10 heteroatoms. The van der Waals surface area contributed by atoms with Crippen LogP contribution in [0.4, 0.5) is 0 Å². The van der Waals surface area contributed by atoms with Gasteiger partial charge in [-0.1, -0.05) is 11.3 Å². The molecule has 1 fully saturated rings. The SMILES string of the molecule is c1cc(-n2cnnn2)cc(-n2ccnc2-c2cn(C3CCNCC3)nn2)c1. The topological polar surface area (TPSA) is 104 Å². The van der Waals surface area contributed by atoms with E-state index >= 15 is 0 Å². The average Bonchev–Trinajstić information content (AvgIpc) is 3.50. The summed E-state index contributed by atoms with van der Waals surface area (Å²) in [6.45, 7) is 2.02. The normalized spacial score (nSPS) is 15.3. The first-order valence-corrected chi connectivity index (χ1v) is 8.88. The number of hydrogen-bond donors (Lipinski definition) is 1. The van der Waals surface area contributed by atoms with Gasteiger partial charge >= 0.3 is 0 Å². The van der Waals surface area contributed by atoms with Crippen molar-refractivity contribution in [2.75, 3.05) is 13.1 Å². The maximum atomic E-state index is 4.50. The lowest BCUT2D eigenvalue weighted by atomic mass is 10.1. The molecule has 0 radical (unpaired) electrons. The predicted octanol–water partition coefficient (Wildman–Crippen LogP) is 1.03. The summed E-state index contributed by atoms with van der Waals surface area (Å²) in [5, 5.41) is 23.4. The fourth-order valence-corrected chi connectivity index (χ4v) is 3.40. The van der Waals surface area contributed by atoms with Gasteiger partial charge in [0.25, 0.3) is 0 Å². The second-order valence-electron chi connectivity index (χ2n) is 6.46. The van der Waals surface area contributed by atoms with Crippen LogP contribution in [0.3, 0.4) is 0 Å². The Kier molecular flexibility index (Phi) is 3.94. The van der Waals surface area contributed by atoms with Gasteiger partial charge in [-0.3, -0.25) is 4.57 Å². The van der Waals surface area contributed by atoms with Crippen molar-refractivity contribution in [3.63, 3.8) is 0 Å². The van der Waals surface area contributed by atoms with Crippen molar-refractivity contribution in [3.8, 4) is 22.9 Å². The van der Waals surface area contributed by atoms with Crippen LogP contribution in [0.1, 0.15) is 18.9 Å². The Hall–Kier alpha value is -3.40.